The van der Waals surface area contributed by atoms with Crippen molar-refractivity contribution in [3.05, 3.63) is 47.8 Å². The van der Waals surface area contributed by atoms with E-state index in [1.807, 2.05) is 13.0 Å². The quantitative estimate of drug-likeness (QED) is 0.547. The Kier molecular flexibility index (Phi) is 4.62. The Hall–Kier alpha value is -1.90. The molecule has 0 saturated heterocycles. The van der Waals surface area contributed by atoms with E-state index >= 15 is 0 Å². The number of hydrogen-bond acceptors (Lipinski definition) is 4. The molecule has 3 rings (SSSR count). The standard InChI is InChI=1S/C15H12ClF2N3O2S/c1-9-3-2-6-19-13(9)8-24(22)14-20-11-5-4-10(7-12(11)21-14)23-15(16,17)18/h2-7H,8H2,1H3,(H,20,21). The number of benzene rings is 1. The fourth-order valence-electron chi connectivity index (χ4n) is 2.13. The average Bonchev–Trinajstić information content (AvgIpc) is 2.91. The highest BCUT2D eigenvalue weighted by molar-refractivity contribution is 7.90. The van der Waals surface area contributed by atoms with Crippen LogP contribution in [0.5, 0.6) is 5.75 Å². The number of hydrogen-bond donors (Lipinski definition) is 1. The van der Waals surface area contributed by atoms with Gasteiger partial charge in [-0.15, -0.1) is 8.78 Å². The van der Waals surface area contributed by atoms with E-state index < -0.39 is 16.7 Å². The van der Waals surface area contributed by atoms with Crippen LogP contribution in [0, 0.1) is 6.92 Å². The number of nitrogens with one attached hydrogen (secondary N) is 1. The van der Waals surface area contributed by atoms with Crippen molar-refractivity contribution in [2.24, 2.45) is 0 Å². The van der Waals surface area contributed by atoms with Crippen molar-refractivity contribution in [1.29, 1.82) is 0 Å². The molecule has 0 amide bonds. The van der Waals surface area contributed by atoms with Crippen molar-refractivity contribution < 1.29 is 18.1 Å². The highest BCUT2D eigenvalue weighted by Crippen LogP contribution is 2.28. The molecule has 0 radical (unpaired) electrons. The smallest absolute Gasteiger partial charge is 0.487 e. The number of fused-ring (bicyclic) bond motifs is 1. The van der Waals surface area contributed by atoms with Gasteiger partial charge in [0.05, 0.1) is 16.7 Å². The Balaban J connectivity index is 1.83. The molecule has 2 heterocycles. The van der Waals surface area contributed by atoms with Crippen LogP contribution < -0.4 is 4.74 Å². The number of nitrogens with zero attached hydrogens (tertiary/aromatic N) is 2. The number of aromatic nitrogens is 3. The summed E-state index contributed by atoms with van der Waals surface area (Å²) >= 11 is 3.29. The maximum Gasteiger partial charge on any atom is 0.487 e. The van der Waals surface area contributed by atoms with Gasteiger partial charge in [-0.25, -0.2) is 0 Å². The van der Waals surface area contributed by atoms with Gasteiger partial charge >= 0.3 is 10.7 Å². The van der Waals surface area contributed by atoms with Crippen LogP contribution in [0.2, 0.25) is 0 Å². The first-order valence-electron chi connectivity index (χ1n) is 6.86. The van der Waals surface area contributed by atoms with Crippen LogP contribution in [0.4, 0.5) is 8.78 Å². The normalized spacial score (nSPS) is 13.2. The molecule has 0 aliphatic heterocycles. The van der Waals surface area contributed by atoms with E-state index in [2.05, 4.69) is 19.7 Å². The second kappa shape index (κ2) is 6.54. The lowest BCUT2D eigenvalue weighted by atomic mass is 10.2. The Bertz CT molecular complexity index is 869. The van der Waals surface area contributed by atoms with Crippen molar-refractivity contribution in [2.45, 2.75) is 23.4 Å². The van der Waals surface area contributed by atoms with Crippen molar-refractivity contribution >= 4 is 33.8 Å². The minimum atomic E-state index is -3.80. The van der Waals surface area contributed by atoms with Gasteiger partial charge in [-0.05, 0) is 30.7 Å². The van der Waals surface area contributed by atoms with Gasteiger partial charge in [-0.3, -0.25) is 9.97 Å². The highest BCUT2D eigenvalue weighted by atomic mass is 35.5. The maximum absolute atomic E-state index is 12.7. The Morgan fingerprint density at radius 3 is 2.88 bits per heavy atom. The van der Waals surface area contributed by atoms with Gasteiger partial charge in [-0.1, -0.05) is 6.07 Å². The summed E-state index contributed by atoms with van der Waals surface area (Å²) in [5, 5.41) is 0.241. The zero-order valence-electron chi connectivity index (χ0n) is 12.4. The van der Waals surface area contributed by atoms with E-state index in [0.717, 1.165) is 5.56 Å². The maximum atomic E-state index is 12.7. The lowest BCUT2D eigenvalue weighted by Gasteiger charge is -2.09. The first-order valence-corrected chi connectivity index (χ1v) is 8.56. The molecule has 0 spiro atoms. The van der Waals surface area contributed by atoms with E-state index in [4.69, 9.17) is 11.6 Å². The Morgan fingerprint density at radius 1 is 1.38 bits per heavy atom. The van der Waals surface area contributed by atoms with Crippen LogP contribution in [0.1, 0.15) is 11.3 Å². The van der Waals surface area contributed by atoms with Gasteiger partial charge in [0.1, 0.15) is 5.75 Å². The van der Waals surface area contributed by atoms with Crippen molar-refractivity contribution in [3.8, 4) is 5.75 Å². The van der Waals surface area contributed by atoms with Crippen molar-refractivity contribution in [2.75, 3.05) is 0 Å². The summed E-state index contributed by atoms with van der Waals surface area (Å²) in [7, 11) is 0. The number of alkyl halides is 3. The molecule has 3 aromatic rings. The Morgan fingerprint density at radius 2 is 2.17 bits per heavy atom. The number of ether oxygens (including phenoxy) is 1. The van der Waals surface area contributed by atoms with E-state index in [0.29, 0.717) is 16.7 Å². The van der Waals surface area contributed by atoms with Gasteiger partial charge in [0, 0.05) is 35.0 Å². The molecule has 24 heavy (non-hydrogen) atoms. The van der Waals surface area contributed by atoms with Crippen LogP contribution in [0.25, 0.3) is 11.0 Å². The lowest BCUT2D eigenvalue weighted by molar-refractivity contribution is -0.0964. The first kappa shape index (κ1) is 16.9. The molecule has 0 saturated carbocycles. The predicted molar refractivity (Wildman–Crippen MR) is 86.6 cm³/mol. The molecule has 0 aliphatic rings. The third-order valence-corrected chi connectivity index (χ3v) is 4.51. The molecule has 1 atom stereocenters. The molecule has 5 nitrogen and oxygen atoms in total. The molecule has 1 aromatic carbocycles. The summed E-state index contributed by atoms with van der Waals surface area (Å²) in [6, 6.07) is 7.82. The van der Waals surface area contributed by atoms with Crippen molar-refractivity contribution in [3.63, 3.8) is 0 Å². The summed E-state index contributed by atoms with van der Waals surface area (Å²) < 4.78 is 42.1. The second-order valence-corrected chi connectivity index (χ2v) is 6.83. The van der Waals surface area contributed by atoms with Crippen LogP contribution in [-0.2, 0) is 16.9 Å². The number of H-pyrrole nitrogens is 1. The van der Waals surface area contributed by atoms with Gasteiger partial charge in [-0.2, -0.15) is 4.98 Å². The molecule has 0 aliphatic carbocycles. The molecule has 126 valence electrons. The predicted octanol–water partition coefficient (Wildman–Crippen LogP) is 3.74. The van der Waals surface area contributed by atoms with Gasteiger partial charge in [0.25, 0.3) is 0 Å². The number of pyridine rings is 1. The van der Waals surface area contributed by atoms with Gasteiger partial charge in [0.2, 0.25) is 0 Å². The van der Waals surface area contributed by atoms with E-state index in [1.54, 1.807) is 12.3 Å². The molecule has 0 bridgehead atoms. The van der Waals surface area contributed by atoms with Crippen LogP contribution in [-0.4, -0.2) is 25.1 Å². The lowest BCUT2D eigenvalue weighted by Crippen LogP contribution is -2.15. The van der Waals surface area contributed by atoms with Gasteiger partial charge in [0.15, 0.2) is 5.75 Å². The zero-order valence-corrected chi connectivity index (χ0v) is 14.0. The fraction of sp³-hybridized carbons (Fsp3) is 0.200. The van der Waals surface area contributed by atoms with Crippen LogP contribution in [0.3, 0.4) is 0 Å². The number of aromatic amines is 1. The van der Waals surface area contributed by atoms with E-state index in [9.17, 15) is 13.3 Å². The minimum Gasteiger partial charge on any atom is -0.609 e. The molecule has 9 heteroatoms. The fourth-order valence-corrected chi connectivity index (χ4v) is 3.33. The monoisotopic (exact) mass is 371 g/mol. The van der Waals surface area contributed by atoms with Crippen LogP contribution in [0.15, 0.2) is 41.7 Å². The number of halogens is 3. The third-order valence-electron chi connectivity index (χ3n) is 3.27. The summed E-state index contributed by atoms with van der Waals surface area (Å²) in [5.74, 6) is 0.0715. The molecular formula is C15H12ClF2N3O2S. The number of rotatable bonds is 5. The molecule has 1 unspecified atom stereocenters. The van der Waals surface area contributed by atoms with Crippen LogP contribution >= 0.6 is 11.6 Å². The number of imidazole rings is 1. The summed E-state index contributed by atoms with van der Waals surface area (Å²) in [5.41, 5.74) is -1.24. The van der Waals surface area contributed by atoms with E-state index in [1.165, 1.54) is 18.2 Å². The largest absolute Gasteiger partial charge is 0.609 e. The molecule has 0 fully saturated rings. The third kappa shape index (κ3) is 3.95. The summed E-state index contributed by atoms with van der Waals surface area (Å²) in [4.78, 5) is 11.3. The Labute approximate surface area is 144 Å². The molecular weight excluding hydrogens is 360 g/mol. The number of aryl methyl sites for hydroxylation is 1. The highest BCUT2D eigenvalue weighted by Gasteiger charge is 2.28. The summed E-state index contributed by atoms with van der Waals surface area (Å²) in [6.07, 6.45) is 1.63. The zero-order chi connectivity index (χ0) is 17.3. The summed E-state index contributed by atoms with van der Waals surface area (Å²) in [6.45, 7) is 1.88. The first-order chi connectivity index (χ1) is 11.3. The SMILES string of the molecule is Cc1cccnc1C[S+]([O-])c1nc2cc(OC(F)(F)Cl)ccc2[nH]1. The van der Waals surface area contributed by atoms with Crippen molar-refractivity contribution in [1.82, 2.24) is 15.0 Å². The topological polar surface area (TPSA) is 73.9 Å². The second-order valence-electron chi connectivity index (χ2n) is 5.03. The van der Waals surface area contributed by atoms with Gasteiger partial charge < -0.3 is 9.29 Å². The molecule has 1 N–H and O–H groups in total. The molecule has 2 aromatic heterocycles. The average molecular weight is 372 g/mol. The van der Waals surface area contributed by atoms with E-state index in [-0.39, 0.29) is 16.7 Å². The minimum absolute atomic E-state index is 0.132.